The van der Waals surface area contributed by atoms with E-state index in [1.807, 2.05) is 6.07 Å². The van der Waals surface area contributed by atoms with E-state index in [4.69, 9.17) is 4.74 Å². The van der Waals surface area contributed by atoms with Gasteiger partial charge in [0.05, 0.1) is 6.10 Å². The first-order chi connectivity index (χ1) is 10.2. The van der Waals surface area contributed by atoms with Crippen LogP contribution in [0.5, 0.6) is 0 Å². The van der Waals surface area contributed by atoms with Crippen molar-refractivity contribution in [2.75, 3.05) is 39.4 Å². The minimum Gasteiger partial charge on any atom is -0.390 e. The van der Waals surface area contributed by atoms with Gasteiger partial charge < -0.3 is 19.7 Å². The van der Waals surface area contributed by atoms with Crippen molar-refractivity contribution in [2.24, 2.45) is 0 Å². The van der Waals surface area contributed by atoms with Gasteiger partial charge in [-0.15, -0.1) is 0 Å². The summed E-state index contributed by atoms with van der Waals surface area (Å²) in [5.41, 5.74) is 0.585. The quantitative estimate of drug-likeness (QED) is 0.823. The third-order valence-electron chi connectivity index (χ3n) is 4.36. The molecule has 0 unspecified atom stereocenters. The van der Waals surface area contributed by atoms with Crippen molar-refractivity contribution in [1.29, 1.82) is 0 Å². The maximum atomic E-state index is 12.4. The van der Waals surface area contributed by atoms with Crippen LogP contribution in [0.2, 0.25) is 0 Å². The molecule has 0 spiro atoms. The predicted octanol–water partition coefficient (Wildman–Crippen LogP) is 0.312. The van der Waals surface area contributed by atoms with E-state index in [0.717, 1.165) is 32.6 Å². The summed E-state index contributed by atoms with van der Waals surface area (Å²) in [7, 11) is 0. The number of hydrogen-bond donors (Lipinski definition) is 2. The Morgan fingerprint density at radius 1 is 1.29 bits per heavy atom. The lowest BCUT2D eigenvalue weighted by Crippen LogP contribution is -2.43. The van der Waals surface area contributed by atoms with Crippen LogP contribution in [0.15, 0.2) is 18.3 Å². The second-order valence-electron chi connectivity index (χ2n) is 5.83. The zero-order chi connectivity index (χ0) is 14.7. The molecule has 3 rings (SSSR count). The van der Waals surface area contributed by atoms with Gasteiger partial charge in [0.2, 0.25) is 0 Å². The number of carbonyl (C=O) groups excluding carboxylic acids is 1. The van der Waals surface area contributed by atoms with Gasteiger partial charge >= 0.3 is 0 Å². The average Bonchev–Trinajstić information content (AvgIpc) is 2.97. The SMILES string of the molecule is O=C(c1ccc[nH]1)N1CCN(C2CCOCC2)C[C@H](O)C1. The summed E-state index contributed by atoms with van der Waals surface area (Å²) < 4.78 is 5.40. The summed E-state index contributed by atoms with van der Waals surface area (Å²) in [5.74, 6) is -0.0344. The van der Waals surface area contributed by atoms with E-state index in [1.165, 1.54) is 0 Å². The molecule has 6 nitrogen and oxygen atoms in total. The topological polar surface area (TPSA) is 68.8 Å². The number of aliphatic hydroxyl groups is 1. The lowest BCUT2D eigenvalue weighted by molar-refractivity contribution is 0.0217. The molecule has 2 fully saturated rings. The number of H-pyrrole nitrogens is 1. The Morgan fingerprint density at radius 3 is 2.81 bits per heavy atom. The number of aromatic nitrogens is 1. The van der Waals surface area contributed by atoms with Crippen molar-refractivity contribution in [1.82, 2.24) is 14.8 Å². The summed E-state index contributed by atoms with van der Waals surface area (Å²) in [5, 5.41) is 10.2. The summed E-state index contributed by atoms with van der Waals surface area (Å²) in [4.78, 5) is 19.4. The monoisotopic (exact) mass is 293 g/mol. The minimum atomic E-state index is -0.491. The molecule has 0 saturated carbocycles. The van der Waals surface area contributed by atoms with Crippen LogP contribution in [-0.2, 0) is 4.74 Å². The van der Waals surface area contributed by atoms with Crippen LogP contribution >= 0.6 is 0 Å². The molecular weight excluding hydrogens is 270 g/mol. The predicted molar refractivity (Wildman–Crippen MR) is 78.1 cm³/mol. The molecule has 0 aliphatic carbocycles. The third-order valence-corrected chi connectivity index (χ3v) is 4.36. The van der Waals surface area contributed by atoms with Gasteiger partial charge in [0.25, 0.3) is 5.91 Å². The highest BCUT2D eigenvalue weighted by Gasteiger charge is 2.29. The number of amides is 1. The molecular formula is C15H23N3O3. The lowest BCUT2D eigenvalue weighted by Gasteiger charge is -2.33. The summed E-state index contributed by atoms with van der Waals surface area (Å²) in [6, 6.07) is 4.06. The normalized spacial score (nSPS) is 25.8. The van der Waals surface area contributed by atoms with Gasteiger partial charge in [0.1, 0.15) is 5.69 Å². The molecule has 2 saturated heterocycles. The smallest absolute Gasteiger partial charge is 0.270 e. The van der Waals surface area contributed by atoms with Gasteiger partial charge in [0.15, 0.2) is 0 Å². The standard InChI is InChI=1S/C15H23N3O3/c19-13-10-17(12-3-8-21-9-4-12)6-7-18(11-13)15(20)14-2-1-5-16-14/h1-2,5,12-13,16,19H,3-4,6-11H2/t13-/m0/s1. The summed E-state index contributed by atoms with van der Waals surface area (Å²) in [6.07, 6.45) is 3.28. The van der Waals surface area contributed by atoms with Gasteiger partial charge in [-0.2, -0.15) is 0 Å². The molecule has 2 N–H and O–H groups in total. The van der Waals surface area contributed by atoms with Crippen molar-refractivity contribution in [3.63, 3.8) is 0 Å². The van der Waals surface area contributed by atoms with E-state index in [0.29, 0.717) is 31.4 Å². The number of aromatic amines is 1. The van der Waals surface area contributed by atoms with Crippen LogP contribution in [0.25, 0.3) is 0 Å². The molecule has 116 valence electrons. The highest BCUT2D eigenvalue weighted by atomic mass is 16.5. The number of β-amino-alcohol motifs (C(OH)–C–C–N with tert-alkyl or cyclic N) is 1. The number of aliphatic hydroxyl groups excluding tert-OH is 1. The van der Waals surface area contributed by atoms with Gasteiger partial charge in [-0.25, -0.2) is 0 Å². The average molecular weight is 293 g/mol. The first-order valence-corrected chi connectivity index (χ1v) is 7.66. The first-order valence-electron chi connectivity index (χ1n) is 7.66. The largest absolute Gasteiger partial charge is 0.390 e. The molecule has 2 aliphatic heterocycles. The Morgan fingerprint density at radius 2 is 2.10 bits per heavy atom. The molecule has 3 heterocycles. The Kier molecular flexibility index (Phi) is 4.57. The molecule has 1 atom stereocenters. The molecule has 0 radical (unpaired) electrons. The van der Waals surface area contributed by atoms with Crippen molar-refractivity contribution in [2.45, 2.75) is 25.0 Å². The summed E-state index contributed by atoms with van der Waals surface area (Å²) >= 11 is 0. The highest BCUT2D eigenvalue weighted by molar-refractivity contribution is 5.92. The number of hydrogen-bond acceptors (Lipinski definition) is 4. The summed E-state index contributed by atoms with van der Waals surface area (Å²) in [6.45, 7) is 4.10. The van der Waals surface area contributed by atoms with Crippen LogP contribution in [0, 0.1) is 0 Å². The Bertz CT molecular complexity index is 457. The van der Waals surface area contributed by atoms with Crippen LogP contribution < -0.4 is 0 Å². The molecule has 0 aromatic carbocycles. The molecule has 6 heteroatoms. The Labute approximate surface area is 124 Å². The minimum absolute atomic E-state index is 0.0344. The maximum absolute atomic E-state index is 12.4. The van der Waals surface area contributed by atoms with Gasteiger partial charge in [0, 0.05) is 51.6 Å². The van der Waals surface area contributed by atoms with Gasteiger partial charge in [-0.05, 0) is 25.0 Å². The Hall–Kier alpha value is -1.37. The second kappa shape index (κ2) is 6.60. The van der Waals surface area contributed by atoms with E-state index in [1.54, 1.807) is 17.2 Å². The van der Waals surface area contributed by atoms with Crippen LogP contribution in [-0.4, -0.2) is 77.3 Å². The molecule has 1 amide bonds. The van der Waals surface area contributed by atoms with E-state index >= 15 is 0 Å². The third kappa shape index (κ3) is 3.45. The highest BCUT2D eigenvalue weighted by Crippen LogP contribution is 2.17. The number of ether oxygens (including phenoxy) is 1. The molecule has 2 aliphatic rings. The fourth-order valence-electron chi connectivity index (χ4n) is 3.21. The van der Waals surface area contributed by atoms with E-state index in [9.17, 15) is 9.90 Å². The second-order valence-corrected chi connectivity index (χ2v) is 5.83. The molecule has 0 bridgehead atoms. The first kappa shape index (κ1) is 14.6. The fraction of sp³-hybridized carbons (Fsp3) is 0.667. The number of rotatable bonds is 2. The van der Waals surface area contributed by atoms with E-state index < -0.39 is 6.10 Å². The van der Waals surface area contributed by atoms with Crippen molar-refractivity contribution in [3.8, 4) is 0 Å². The van der Waals surface area contributed by atoms with E-state index in [2.05, 4.69) is 9.88 Å². The number of carbonyl (C=O) groups is 1. The van der Waals surface area contributed by atoms with Crippen LogP contribution in [0.1, 0.15) is 23.3 Å². The maximum Gasteiger partial charge on any atom is 0.270 e. The van der Waals surface area contributed by atoms with Crippen LogP contribution in [0.4, 0.5) is 0 Å². The Balaban J connectivity index is 1.63. The van der Waals surface area contributed by atoms with Crippen LogP contribution in [0.3, 0.4) is 0 Å². The number of nitrogens with one attached hydrogen (secondary N) is 1. The van der Waals surface area contributed by atoms with Crippen molar-refractivity contribution < 1.29 is 14.6 Å². The molecule has 21 heavy (non-hydrogen) atoms. The van der Waals surface area contributed by atoms with E-state index in [-0.39, 0.29) is 5.91 Å². The van der Waals surface area contributed by atoms with Gasteiger partial charge in [-0.3, -0.25) is 9.69 Å². The van der Waals surface area contributed by atoms with Gasteiger partial charge in [-0.1, -0.05) is 0 Å². The number of nitrogens with zero attached hydrogens (tertiary/aromatic N) is 2. The fourth-order valence-corrected chi connectivity index (χ4v) is 3.21. The molecule has 1 aromatic rings. The van der Waals surface area contributed by atoms with Crippen molar-refractivity contribution >= 4 is 5.91 Å². The lowest BCUT2D eigenvalue weighted by atomic mass is 10.1. The zero-order valence-electron chi connectivity index (χ0n) is 12.2. The zero-order valence-corrected chi connectivity index (χ0v) is 12.2. The molecule has 1 aromatic heterocycles. The van der Waals surface area contributed by atoms with Crippen molar-refractivity contribution in [3.05, 3.63) is 24.0 Å².